The van der Waals surface area contributed by atoms with Crippen molar-refractivity contribution in [3.8, 4) is 0 Å². The molecule has 82 valence electrons. The van der Waals surface area contributed by atoms with Gasteiger partial charge in [0, 0.05) is 11.1 Å². The minimum atomic E-state index is -0.404. The molecular formula is C14H8O3. The first-order valence-corrected chi connectivity index (χ1v) is 5.19. The van der Waals surface area contributed by atoms with Crippen molar-refractivity contribution in [1.29, 1.82) is 0 Å². The van der Waals surface area contributed by atoms with Gasteiger partial charge in [0.1, 0.15) is 5.57 Å². The average Bonchev–Trinajstić information content (AvgIpc) is 2.61. The van der Waals surface area contributed by atoms with Crippen molar-refractivity contribution in [3.05, 3.63) is 59.4 Å². The summed E-state index contributed by atoms with van der Waals surface area (Å²) in [6.45, 7) is 0. The molecule has 2 aromatic rings. The number of hydrogen-bond acceptors (Lipinski definition) is 3. The van der Waals surface area contributed by atoms with Crippen LogP contribution in [0.1, 0.15) is 20.7 Å². The Hall–Kier alpha value is -2.42. The number of fused-ring (bicyclic) bond motifs is 3. The molecule has 1 N–H and O–H groups in total. The molecule has 0 atom stereocenters. The highest BCUT2D eigenvalue weighted by Crippen LogP contribution is 2.32. The third-order valence-electron chi connectivity index (χ3n) is 3.02. The Morgan fingerprint density at radius 2 is 1.71 bits per heavy atom. The lowest BCUT2D eigenvalue weighted by Gasteiger charge is -2.01. The molecule has 1 aliphatic carbocycles. The van der Waals surface area contributed by atoms with Crippen LogP contribution in [-0.4, -0.2) is 16.7 Å². The second-order valence-electron chi connectivity index (χ2n) is 3.91. The molecule has 17 heavy (non-hydrogen) atoms. The first kappa shape index (κ1) is 9.78. The Kier molecular flexibility index (Phi) is 1.89. The highest BCUT2D eigenvalue weighted by Gasteiger charge is 2.34. The minimum Gasteiger partial charge on any atom is -0.515 e. The van der Waals surface area contributed by atoms with Crippen molar-refractivity contribution < 1.29 is 14.7 Å². The van der Waals surface area contributed by atoms with Gasteiger partial charge in [-0.05, 0) is 16.8 Å². The molecular weight excluding hydrogens is 216 g/mol. The lowest BCUT2D eigenvalue weighted by molar-refractivity contribution is 0.0985. The summed E-state index contributed by atoms with van der Waals surface area (Å²) in [6.07, 6.45) is 0.597. The van der Waals surface area contributed by atoms with E-state index in [1.807, 2.05) is 18.2 Å². The molecule has 3 rings (SSSR count). The van der Waals surface area contributed by atoms with E-state index in [2.05, 4.69) is 0 Å². The van der Waals surface area contributed by atoms with Crippen LogP contribution in [0.3, 0.4) is 0 Å². The number of Topliss-reactive ketones (excluding diaryl/α,β-unsaturated/α-hetero) is 2. The Morgan fingerprint density at radius 1 is 0.941 bits per heavy atom. The van der Waals surface area contributed by atoms with E-state index in [1.54, 1.807) is 18.2 Å². The second kappa shape index (κ2) is 3.28. The van der Waals surface area contributed by atoms with E-state index in [4.69, 9.17) is 5.11 Å². The fourth-order valence-electron chi connectivity index (χ4n) is 2.21. The number of ketones is 2. The van der Waals surface area contributed by atoms with Crippen LogP contribution in [0, 0.1) is 0 Å². The van der Waals surface area contributed by atoms with Crippen molar-refractivity contribution in [2.45, 2.75) is 0 Å². The van der Waals surface area contributed by atoms with Gasteiger partial charge in [0.05, 0.1) is 6.26 Å². The summed E-state index contributed by atoms with van der Waals surface area (Å²) in [6, 6.07) is 10.8. The van der Waals surface area contributed by atoms with Crippen LogP contribution in [0.5, 0.6) is 0 Å². The van der Waals surface area contributed by atoms with Crippen LogP contribution in [0.4, 0.5) is 0 Å². The van der Waals surface area contributed by atoms with Crippen molar-refractivity contribution in [1.82, 2.24) is 0 Å². The predicted octanol–water partition coefficient (Wildman–Crippen LogP) is 2.66. The molecule has 0 bridgehead atoms. The quantitative estimate of drug-likeness (QED) is 0.425. The molecule has 3 heteroatoms. The monoisotopic (exact) mass is 224 g/mol. The van der Waals surface area contributed by atoms with Crippen LogP contribution in [0.2, 0.25) is 0 Å². The fraction of sp³-hybridized carbons (Fsp3) is 0. The number of carbonyl (C=O) groups excluding carboxylic acids is 2. The number of rotatable bonds is 0. The lowest BCUT2D eigenvalue weighted by atomic mass is 10.0. The van der Waals surface area contributed by atoms with Crippen molar-refractivity contribution in [2.24, 2.45) is 0 Å². The molecule has 0 saturated heterocycles. The Bertz CT molecular complexity index is 696. The molecule has 0 unspecified atom stereocenters. The van der Waals surface area contributed by atoms with Gasteiger partial charge in [0.25, 0.3) is 0 Å². The van der Waals surface area contributed by atoms with Crippen molar-refractivity contribution in [2.75, 3.05) is 0 Å². The van der Waals surface area contributed by atoms with E-state index >= 15 is 0 Å². The van der Waals surface area contributed by atoms with Crippen LogP contribution in [0.15, 0.2) is 48.2 Å². The molecule has 0 spiro atoms. The van der Waals surface area contributed by atoms with Gasteiger partial charge in [0.15, 0.2) is 0 Å². The Balaban J connectivity index is 2.45. The van der Waals surface area contributed by atoms with E-state index in [1.165, 1.54) is 0 Å². The maximum Gasteiger partial charge on any atom is 0.201 e. The maximum atomic E-state index is 12.0. The maximum absolute atomic E-state index is 12.0. The van der Waals surface area contributed by atoms with Crippen LogP contribution < -0.4 is 0 Å². The number of aliphatic hydroxyl groups excluding tert-OH is 1. The molecule has 0 aliphatic heterocycles. The molecule has 0 amide bonds. The molecule has 3 nitrogen and oxygen atoms in total. The van der Waals surface area contributed by atoms with E-state index in [-0.39, 0.29) is 5.57 Å². The summed E-state index contributed by atoms with van der Waals surface area (Å²) >= 11 is 0. The zero-order valence-corrected chi connectivity index (χ0v) is 8.81. The zero-order valence-electron chi connectivity index (χ0n) is 8.81. The number of hydrogen-bond donors (Lipinski definition) is 1. The SMILES string of the molecule is O=C1C(=CO)C(=O)c2c1ccc1ccccc21. The third-order valence-corrected chi connectivity index (χ3v) is 3.02. The molecule has 1 aliphatic rings. The zero-order chi connectivity index (χ0) is 12.0. The predicted molar refractivity (Wildman–Crippen MR) is 63.3 cm³/mol. The van der Waals surface area contributed by atoms with Gasteiger partial charge in [-0.1, -0.05) is 30.3 Å². The van der Waals surface area contributed by atoms with Gasteiger partial charge in [-0.15, -0.1) is 0 Å². The molecule has 0 heterocycles. The number of allylic oxidation sites excluding steroid dienone is 1. The standard InChI is InChI=1S/C14H8O3/c15-7-11-13(16)10-6-5-8-3-1-2-4-9(8)12(10)14(11)17/h1-7,15H. The number of benzene rings is 2. The Morgan fingerprint density at radius 3 is 2.47 bits per heavy atom. The van der Waals surface area contributed by atoms with Gasteiger partial charge < -0.3 is 5.11 Å². The summed E-state index contributed by atoms with van der Waals surface area (Å²) < 4.78 is 0. The highest BCUT2D eigenvalue weighted by molar-refractivity contribution is 6.42. The topological polar surface area (TPSA) is 54.4 Å². The van der Waals surface area contributed by atoms with E-state index in [0.29, 0.717) is 17.4 Å². The molecule has 0 fully saturated rings. The average molecular weight is 224 g/mol. The van der Waals surface area contributed by atoms with Gasteiger partial charge in [0.2, 0.25) is 11.6 Å². The summed E-state index contributed by atoms with van der Waals surface area (Å²) in [5.41, 5.74) is 0.610. The minimum absolute atomic E-state index is 0.156. The second-order valence-corrected chi connectivity index (χ2v) is 3.91. The molecule has 0 aromatic heterocycles. The normalized spacial score (nSPS) is 16.8. The smallest absolute Gasteiger partial charge is 0.201 e. The van der Waals surface area contributed by atoms with E-state index < -0.39 is 11.6 Å². The van der Waals surface area contributed by atoms with Crippen LogP contribution in [-0.2, 0) is 0 Å². The van der Waals surface area contributed by atoms with Crippen molar-refractivity contribution in [3.63, 3.8) is 0 Å². The van der Waals surface area contributed by atoms with E-state index in [0.717, 1.165) is 10.8 Å². The first-order chi connectivity index (χ1) is 8.24. The Labute approximate surface area is 97.0 Å². The summed E-state index contributed by atoms with van der Waals surface area (Å²) in [7, 11) is 0. The van der Waals surface area contributed by atoms with Crippen LogP contribution >= 0.6 is 0 Å². The largest absolute Gasteiger partial charge is 0.515 e. The molecule has 0 radical (unpaired) electrons. The summed E-state index contributed by atoms with van der Waals surface area (Å²) in [5.74, 6) is -0.803. The van der Waals surface area contributed by atoms with Crippen molar-refractivity contribution >= 4 is 22.3 Å². The fourth-order valence-corrected chi connectivity index (χ4v) is 2.21. The summed E-state index contributed by atoms with van der Waals surface area (Å²) in [4.78, 5) is 23.8. The van der Waals surface area contributed by atoms with Crippen LogP contribution in [0.25, 0.3) is 10.8 Å². The van der Waals surface area contributed by atoms with Gasteiger partial charge in [-0.2, -0.15) is 0 Å². The summed E-state index contributed by atoms with van der Waals surface area (Å²) in [5, 5.41) is 10.6. The first-order valence-electron chi connectivity index (χ1n) is 5.19. The molecule has 0 saturated carbocycles. The van der Waals surface area contributed by atoms with Gasteiger partial charge in [-0.3, -0.25) is 9.59 Å². The van der Waals surface area contributed by atoms with Gasteiger partial charge in [-0.25, -0.2) is 0 Å². The highest BCUT2D eigenvalue weighted by atomic mass is 16.2. The number of carbonyl (C=O) groups is 2. The van der Waals surface area contributed by atoms with E-state index in [9.17, 15) is 9.59 Å². The molecule has 2 aromatic carbocycles. The third kappa shape index (κ3) is 1.16. The van der Waals surface area contributed by atoms with Gasteiger partial charge >= 0.3 is 0 Å². The number of aliphatic hydroxyl groups is 1. The lowest BCUT2D eigenvalue weighted by Crippen LogP contribution is -2.00.